The molecule has 2 bridgehead atoms. The van der Waals surface area contributed by atoms with Crippen molar-refractivity contribution < 1.29 is 4.79 Å². The number of carbonyl (C=O) groups excluding carboxylic acids is 1. The van der Waals surface area contributed by atoms with Crippen LogP contribution in [0.2, 0.25) is 0 Å². The Morgan fingerprint density at radius 1 is 0.853 bits per heavy atom. The van der Waals surface area contributed by atoms with Crippen LogP contribution in [0.15, 0.2) is 89.1 Å². The maximum absolute atomic E-state index is 13.9. The second-order valence-electron chi connectivity index (χ2n) is 9.70. The standard InChI is InChI=1S/C28H25N5O/c1-27(2)21-16-17-28(27,25-24(21)30-22-10-6-7-11-23(22)31-25)26(34)29-18-12-14-20(15-13-18)33-32-19-8-4-3-5-9-19/h3-15,21H,16-17H2,1-2H3,(H,29,34). The molecule has 168 valence electrons. The molecular formula is C28H25N5O. The van der Waals surface area contributed by atoms with Gasteiger partial charge in [0, 0.05) is 11.6 Å². The lowest BCUT2D eigenvalue weighted by atomic mass is 9.67. The normalized spacial score (nSPS) is 22.2. The van der Waals surface area contributed by atoms with E-state index in [2.05, 4.69) is 29.4 Å². The minimum atomic E-state index is -0.699. The molecule has 0 radical (unpaired) electrons. The molecule has 0 aliphatic heterocycles. The highest BCUT2D eigenvalue weighted by atomic mass is 16.2. The van der Waals surface area contributed by atoms with E-state index in [0.717, 1.165) is 52.3 Å². The topological polar surface area (TPSA) is 79.6 Å². The first kappa shape index (κ1) is 20.7. The first-order valence-corrected chi connectivity index (χ1v) is 11.6. The number of hydrogen-bond acceptors (Lipinski definition) is 5. The van der Waals surface area contributed by atoms with Gasteiger partial charge in [-0.1, -0.05) is 44.2 Å². The molecule has 3 aromatic carbocycles. The van der Waals surface area contributed by atoms with Gasteiger partial charge in [-0.15, -0.1) is 0 Å². The minimum absolute atomic E-state index is 0.0120. The molecule has 1 aromatic heterocycles. The maximum atomic E-state index is 13.9. The van der Waals surface area contributed by atoms with E-state index in [1.807, 2.05) is 78.9 Å². The molecule has 1 fully saturated rings. The molecule has 34 heavy (non-hydrogen) atoms. The SMILES string of the molecule is CC1(C)C2CCC1(C(=O)Nc1ccc(N=Nc3ccccc3)cc1)c1nc3ccccc3nc12. The molecule has 2 atom stereocenters. The highest BCUT2D eigenvalue weighted by Crippen LogP contribution is 2.67. The summed E-state index contributed by atoms with van der Waals surface area (Å²) < 4.78 is 0. The van der Waals surface area contributed by atoms with Crippen LogP contribution in [0.4, 0.5) is 17.1 Å². The number of nitrogens with one attached hydrogen (secondary N) is 1. The van der Waals surface area contributed by atoms with Crippen molar-refractivity contribution in [3.63, 3.8) is 0 Å². The van der Waals surface area contributed by atoms with E-state index in [-0.39, 0.29) is 17.2 Å². The zero-order valence-corrected chi connectivity index (χ0v) is 19.2. The predicted octanol–water partition coefficient (Wildman–Crippen LogP) is 6.84. The summed E-state index contributed by atoms with van der Waals surface area (Å²) in [6.07, 6.45) is 1.72. The zero-order valence-electron chi connectivity index (χ0n) is 19.2. The van der Waals surface area contributed by atoms with Crippen LogP contribution in [0.1, 0.15) is 44.0 Å². The maximum Gasteiger partial charge on any atom is 0.237 e. The Morgan fingerprint density at radius 2 is 1.47 bits per heavy atom. The minimum Gasteiger partial charge on any atom is -0.325 e. The van der Waals surface area contributed by atoms with Crippen LogP contribution in [-0.4, -0.2) is 15.9 Å². The van der Waals surface area contributed by atoms with Gasteiger partial charge >= 0.3 is 0 Å². The summed E-state index contributed by atoms with van der Waals surface area (Å²) in [4.78, 5) is 23.8. The van der Waals surface area contributed by atoms with E-state index in [9.17, 15) is 4.79 Å². The quantitative estimate of drug-likeness (QED) is 0.348. The van der Waals surface area contributed by atoms with Crippen molar-refractivity contribution in [1.29, 1.82) is 0 Å². The molecule has 2 aliphatic carbocycles. The fraction of sp³-hybridized carbons (Fsp3) is 0.250. The van der Waals surface area contributed by atoms with Crippen molar-refractivity contribution >= 4 is 34.0 Å². The molecule has 4 aromatic rings. The van der Waals surface area contributed by atoms with E-state index < -0.39 is 5.41 Å². The van der Waals surface area contributed by atoms with Gasteiger partial charge in [0.2, 0.25) is 5.91 Å². The van der Waals surface area contributed by atoms with E-state index in [1.165, 1.54) is 0 Å². The Morgan fingerprint density at radius 3 is 2.18 bits per heavy atom. The molecule has 6 nitrogen and oxygen atoms in total. The fourth-order valence-electron chi connectivity index (χ4n) is 5.79. The lowest BCUT2D eigenvalue weighted by molar-refractivity contribution is -0.124. The number of azo groups is 1. The zero-order chi connectivity index (χ0) is 23.3. The van der Waals surface area contributed by atoms with Gasteiger partial charge < -0.3 is 5.32 Å². The van der Waals surface area contributed by atoms with Crippen molar-refractivity contribution in [3.8, 4) is 0 Å². The molecule has 6 heteroatoms. The molecule has 0 spiro atoms. The van der Waals surface area contributed by atoms with Gasteiger partial charge in [-0.25, -0.2) is 9.97 Å². The van der Waals surface area contributed by atoms with Gasteiger partial charge in [0.05, 0.1) is 39.2 Å². The highest BCUT2D eigenvalue weighted by molar-refractivity contribution is 6.01. The number of aromatic nitrogens is 2. The molecule has 1 saturated carbocycles. The number of nitrogens with zero attached hydrogens (tertiary/aromatic N) is 4. The Hall–Kier alpha value is -3.93. The summed E-state index contributed by atoms with van der Waals surface area (Å²) in [6.45, 7) is 4.37. The summed E-state index contributed by atoms with van der Waals surface area (Å²) in [7, 11) is 0. The molecule has 2 unspecified atom stereocenters. The van der Waals surface area contributed by atoms with Crippen LogP contribution in [0, 0.1) is 5.41 Å². The Balaban J connectivity index is 1.30. The molecule has 1 heterocycles. The van der Waals surface area contributed by atoms with Gasteiger partial charge in [0.25, 0.3) is 0 Å². The lowest BCUT2D eigenvalue weighted by Crippen LogP contribution is -2.46. The van der Waals surface area contributed by atoms with Crippen LogP contribution in [0.5, 0.6) is 0 Å². The average molecular weight is 448 g/mol. The number of carbonyl (C=O) groups is 1. The van der Waals surface area contributed by atoms with Crippen molar-refractivity contribution in [2.75, 3.05) is 5.32 Å². The number of rotatable bonds is 4. The van der Waals surface area contributed by atoms with Crippen molar-refractivity contribution in [2.24, 2.45) is 15.6 Å². The van der Waals surface area contributed by atoms with Crippen LogP contribution in [-0.2, 0) is 10.2 Å². The highest BCUT2D eigenvalue weighted by Gasteiger charge is 2.67. The molecular weight excluding hydrogens is 422 g/mol. The number of anilines is 1. The summed E-state index contributed by atoms with van der Waals surface area (Å²) >= 11 is 0. The van der Waals surface area contributed by atoms with E-state index in [4.69, 9.17) is 9.97 Å². The van der Waals surface area contributed by atoms with E-state index in [0.29, 0.717) is 0 Å². The summed E-state index contributed by atoms with van der Waals surface area (Å²) in [5.41, 5.74) is 4.86. The van der Waals surface area contributed by atoms with E-state index >= 15 is 0 Å². The smallest absolute Gasteiger partial charge is 0.237 e. The number of hydrogen-bond donors (Lipinski definition) is 1. The van der Waals surface area contributed by atoms with Gasteiger partial charge in [0.1, 0.15) is 0 Å². The number of fused-ring (bicyclic) bond motifs is 6. The van der Waals surface area contributed by atoms with Crippen molar-refractivity contribution in [3.05, 3.63) is 90.3 Å². The molecule has 6 rings (SSSR count). The second-order valence-corrected chi connectivity index (χ2v) is 9.70. The van der Waals surface area contributed by atoms with Crippen molar-refractivity contribution in [1.82, 2.24) is 9.97 Å². The Labute approximate surface area is 198 Å². The first-order chi connectivity index (χ1) is 16.5. The van der Waals surface area contributed by atoms with Gasteiger partial charge in [0.15, 0.2) is 0 Å². The lowest BCUT2D eigenvalue weighted by Gasteiger charge is -2.36. The van der Waals surface area contributed by atoms with Crippen LogP contribution in [0.25, 0.3) is 11.0 Å². The number of para-hydroxylation sites is 2. The average Bonchev–Trinajstić information content (AvgIpc) is 3.24. The predicted molar refractivity (Wildman–Crippen MR) is 133 cm³/mol. The van der Waals surface area contributed by atoms with Crippen molar-refractivity contribution in [2.45, 2.75) is 38.0 Å². The third-order valence-electron chi connectivity index (χ3n) is 7.66. The molecule has 0 saturated heterocycles. The number of benzene rings is 3. The Bertz CT molecular complexity index is 1430. The first-order valence-electron chi connectivity index (χ1n) is 11.6. The van der Waals surface area contributed by atoms with Gasteiger partial charge in [-0.2, -0.15) is 10.2 Å². The molecule has 1 N–H and O–H groups in total. The third-order valence-corrected chi connectivity index (χ3v) is 7.66. The monoisotopic (exact) mass is 447 g/mol. The molecule has 2 aliphatic rings. The van der Waals surface area contributed by atoms with Crippen LogP contribution in [0.3, 0.4) is 0 Å². The third kappa shape index (κ3) is 2.98. The van der Waals surface area contributed by atoms with E-state index in [1.54, 1.807) is 0 Å². The largest absolute Gasteiger partial charge is 0.325 e. The fourth-order valence-corrected chi connectivity index (χ4v) is 5.79. The van der Waals surface area contributed by atoms with Gasteiger partial charge in [-0.05, 0) is 66.8 Å². The van der Waals surface area contributed by atoms with Gasteiger partial charge in [-0.3, -0.25) is 4.79 Å². The Kier molecular flexibility index (Phi) is 4.59. The van der Waals surface area contributed by atoms with Crippen LogP contribution >= 0.6 is 0 Å². The van der Waals surface area contributed by atoms with Crippen LogP contribution < -0.4 is 5.32 Å². The second kappa shape index (κ2) is 7.55. The summed E-state index contributed by atoms with van der Waals surface area (Å²) in [5.74, 6) is 0.216. The number of amides is 1. The summed E-state index contributed by atoms with van der Waals surface area (Å²) in [5, 5.41) is 11.7. The molecule has 1 amide bonds. The summed E-state index contributed by atoms with van der Waals surface area (Å²) in [6, 6.07) is 25.0.